The lowest BCUT2D eigenvalue weighted by molar-refractivity contribution is -0.143. The predicted octanol–water partition coefficient (Wildman–Crippen LogP) is 2.80. The number of carbonyl (C=O) groups excluding carboxylic acids is 2. The second-order valence-electron chi connectivity index (χ2n) is 4.80. The lowest BCUT2D eigenvalue weighted by Gasteiger charge is -2.18. The van der Waals surface area contributed by atoms with E-state index in [1.54, 1.807) is 0 Å². The Balaban J connectivity index is 2.87. The first-order chi connectivity index (χ1) is 9.35. The van der Waals surface area contributed by atoms with Crippen LogP contribution in [0, 0.1) is 11.7 Å². The summed E-state index contributed by atoms with van der Waals surface area (Å²) in [6.07, 6.45) is 0.442. The second-order valence-corrected chi connectivity index (χ2v) is 5.21. The minimum atomic E-state index is -0.756. The van der Waals surface area contributed by atoms with Crippen molar-refractivity contribution >= 4 is 23.5 Å². The van der Waals surface area contributed by atoms with Crippen molar-refractivity contribution in [3.63, 3.8) is 0 Å². The third kappa shape index (κ3) is 4.49. The standard InChI is InChI=1S/C14H17ClFNO3/c1-8(2)6-12(14(19)20-3)17-13(18)10-5-4-9(16)7-11(10)15/h4-5,7-8,12H,6H2,1-3H3,(H,17,18)/t12-/m0/s1. The van der Waals surface area contributed by atoms with Crippen molar-refractivity contribution in [1.82, 2.24) is 5.32 Å². The maximum absolute atomic E-state index is 12.9. The molecule has 1 aromatic carbocycles. The normalized spacial score (nSPS) is 12.1. The fourth-order valence-electron chi connectivity index (χ4n) is 1.74. The van der Waals surface area contributed by atoms with Crippen molar-refractivity contribution in [3.05, 3.63) is 34.6 Å². The van der Waals surface area contributed by atoms with E-state index in [9.17, 15) is 14.0 Å². The SMILES string of the molecule is COC(=O)[C@H](CC(C)C)NC(=O)c1ccc(F)cc1Cl. The summed E-state index contributed by atoms with van der Waals surface area (Å²) in [5.41, 5.74) is 0.116. The van der Waals surface area contributed by atoms with E-state index in [-0.39, 0.29) is 16.5 Å². The smallest absolute Gasteiger partial charge is 0.328 e. The molecule has 1 N–H and O–H groups in total. The number of nitrogens with one attached hydrogen (secondary N) is 1. The van der Waals surface area contributed by atoms with Gasteiger partial charge in [-0.15, -0.1) is 0 Å². The number of carbonyl (C=O) groups is 2. The number of ether oxygens (including phenoxy) is 1. The van der Waals surface area contributed by atoms with Crippen molar-refractivity contribution in [2.24, 2.45) is 5.92 Å². The zero-order valence-electron chi connectivity index (χ0n) is 11.6. The van der Waals surface area contributed by atoms with Crippen LogP contribution in [-0.2, 0) is 9.53 Å². The summed E-state index contributed by atoms with van der Waals surface area (Å²) in [5.74, 6) is -1.39. The molecule has 6 heteroatoms. The van der Waals surface area contributed by atoms with Crippen LogP contribution in [-0.4, -0.2) is 25.0 Å². The van der Waals surface area contributed by atoms with Crippen molar-refractivity contribution in [1.29, 1.82) is 0 Å². The van der Waals surface area contributed by atoms with Gasteiger partial charge in [0.05, 0.1) is 17.7 Å². The van der Waals surface area contributed by atoms with Gasteiger partial charge < -0.3 is 10.1 Å². The van der Waals surface area contributed by atoms with E-state index in [4.69, 9.17) is 11.6 Å². The van der Waals surface area contributed by atoms with Crippen LogP contribution >= 0.6 is 11.6 Å². The monoisotopic (exact) mass is 301 g/mol. The molecule has 0 aromatic heterocycles. The van der Waals surface area contributed by atoms with Crippen LogP contribution in [0.4, 0.5) is 4.39 Å². The molecule has 0 aliphatic carbocycles. The van der Waals surface area contributed by atoms with Crippen molar-refractivity contribution in [2.45, 2.75) is 26.3 Å². The molecule has 0 spiro atoms. The molecule has 1 amide bonds. The number of methoxy groups -OCH3 is 1. The summed E-state index contributed by atoms with van der Waals surface area (Å²) in [6.45, 7) is 3.85. The molecule has 110 valence electrons. The number of amides is 1. The van der Waals surface area contributed by atoms with Crippen LogP contribution in [0.25, 0.3) is 0 Å². The van der Waals surface area contributed by atoms with Gasteiger partial charge in [-0.2, -0.15) is 0 Å². The Bertz CT molecular complexity index is 505. The predicted molar refractivity (Wildman–Crippen MR) is 74.1 cm³/mol. The van der Waals surface area contributed by atoms with Crippen LogP contribution in [0.3, 0.4) is 0 Å². The average Bonchev–Trinajstić information content (AvgIpc) is 2.36. The summed E-state index contributed by atoms with van der Waals surface area (Å²) < 4.78 is 17.6. The Morgan fingerprint density at radius 3 is 2.55 bits per heavy atom. The first-order valence-electron chi connectivity index (χ1n) is 6.19. The molecule has 1 rings (SSSR count). The maximum atomic E-state index is 12.9. The molecule has 0 aliphatic rings. The first-order valence-corrected chi connectivity index (χ1v) is 6.56. The summed E-state index contributed by atoms with van der Waals surface area (Å²) in [5, 5.41) is 2.55. The third-order valence-corrected chi connectivity index (χ3v) is 2.99. The van der Waals surface area contributed by atoms with Gasteiger partial charge in [-0.3, -0.25) is 4.79 Å². The topological polar surface area (TPSA) is 55.4 Å². The molecule has 1 atom stereocenters. The van der Waals surface area contributed by atoms with E-state index >= 15 is 0 Å². The number of rotatable bonds is 5. The van der Waals surface area contributed by atoms with Crippen LogP contribution in [0.5, 0.6) is 0 Å². The summed E-state index contributed by atoms with van der Waals surface area (Å²) in [7, 11) is 1.26. The Morgan fingerprint density at radius 1 is 1.40 bits per heavy atom. The first kappa shape index (κ1) is 16.4. The van der Waals surface area contributed by atoms with Gasteiger partial charge in [0, 0.05) is 0 Å². The summed E-state index contributed by atoms with van der Waals surface area (Å²) in [4.78, 5) is 23.7. The quantitative estimate of drug-likeness (QED) is 0.851. The highest BCUT2D eigenvalue weighted by molar-refractivity contribution is 6.33. The number of hydrogen-bond donors (Lipinski definition) is 1. The van der Waals surface area contributed by atoms with Crippen molar-refractivity contribution < 1.29 is 18.7 Å². The Morgan fingerprint density at radius 2 is 2.05 bits per heavy atom. The average molecular weight is 302 g/mol. The van der Waals surface area contributed by atoms with Crippen LogP contribution in [0.1, 0.15) is 30.6 Å². The molecule has 0 aliphatic heterocycles. The third-order valence-electron chi connectivity index (χ3n) is 2.67. The number of halogens is 2. The maximum Gasteiger partial charge on any atom is 0.328 e. The highest BCUT2D eigenvalue weighted by Gasteiger charge is 2.24. The minimum Gasteiger partial charge on any atom is -0.467 e. The molecular weight excluding hydrogens is 285 g/mol. The van der Waals surface area contributed by atoms with E-state index in [0.29, 0.717) is 6.42 Å². The van der Waals surface area contributed by atoms with Crippen LogP contribution in [0.15, 0.2) is 18.2 Å². The molecule has 0 unspecified atom stereocenters. The molecule has 0 heterocycles. The Hall–Kier alpha value is -1.62. The molecule has 0 fully saturated rings. The molecular formula is C14H17ClFNO3. The molecule has 0 saturated heterocycles. The van der Waals surface area contributed by atoms with Gasteiger partial charge in [0.25, 0.3) is 5.91 Å². The largest absolute Gasteiger partial charge is 0.467 e. The van der Waals surface area contributed by atoms with Crippen LogP contribution < -0.4 is 5.32 Å². The molecule has 0 saturated carbocycles. The molecule has 4 nitrogen and oxygen atoms in total. The van der Waals surface area contributed by atoms with Gasteiger partial charge in [0.15, 0.2) is 0 Å². The Labute approximate surface area is 122 Å². The Kier molecular flexibility index (Phi) is 5.95. The van der Waals surface area contributed by atoms with Gasteiger partial charge in [-0.25, -0.2) is 9.18 Å². The van der Waals surface area contributed by atoms with Crippen molar-refractivity contribution in [2.75, 3.05) is 7.11 Å². The number of hydrogen-bond acceptors (Lipinski definition) is 3. The van der Waals surface area contributed by atoms with Gasteiger partial charge in [-0.1, -0.05) is 25.4 Å². The molecule has 0 radical (unpaired) electrons. The lowest BCUT2D eigenvalue weighted by Crippen LogP contribution is -2.42. The molecule has 0 bridgehead atoms. The van der Waals surface area contributed by atoms with E-state index in [1.165, 1.54) is 13.2 Å². The van der Waals surface area contributed by atoms with Gasteiger partial charge in [0.1, 0.15) is 11.9 Å². The lowest BCUT2D eigenvalue weighted by atomic mass is 10.0. The van der Waals surface area contributed by atoms with Gasteiger partial charge in [-0.05, 0) is 30.5 Å². The zero-order valence-corrected chi connectivity index (χ0v) is 12.3. The van der Waals surface area contributed by atoms with Gasteiger partial charge >= 0.3 is 5.97 Å². The minimum absolute atomic E-state index is 0.00402. The van der Waals surface area contributed by atoms with E-state index in [1.807, 2.05) is 13.8 Å². The highest BCUT2D eigenvalue weighted by Crippen LogP contribution is 2.17. The van der Waals surface area contributed by atoms with Crippen LogP contribution in [0.2, 0.25) is 5.02 Å². The van der Waals surface area contributed by atoms with Crippen molar-refractivity contribution in [3.8, 4) is 0 Å². The van der Waals surface area contributed by atoms with E-state index in [0.717, 1.165) is 12.1 Å². The zero-order chi connectivity index (χ0) is 15.3. The second kappa shape index (κ2) is 7.24. The summed E-state index contributed by atoms with van der Waals surface area (Å²) in [6, 6.07) is 2.70. The number of esters is 1. The fourth-order valence-corrected chi connectivity index (χ4v) is 1.99. The van der Waals surface area contributed by atoms with Gasteiger partial charge in [0.2, 0.25) is 0 Å². The fraction of sp³-hybridized carbons (Fsp3) is 0.429. The summed E-state index contributed by atoms with van der Waals surface area (Å²) >= 11 is 5.81. The van der Waals surface area contributed by atoms with E-state index in [2.05, 4.69) is 10.1 Å². The molecule has 20 heavy (non-hydrogen) atoms. The molecule has 1 aromatic rings. The van der Waals surface area contributed by atoms with E-state index < -0.39 is 23.7 Å². The highest BCUT2D eigenvalue weighted by atomic mass is 35.5. The number of benzene rings is 1.